The van der Waals surface area contributed by atoms with E-state index in [0.29, 0.717) is 5.56 Å². The number of carbonyl (C=O) groups excluding carboxylic acids is 1. The van der Waals surface area contributed by atoms with Crippen molar-refractivity contribution >= 4 is 22.6 Å². The number of hydrogen-bond acceptors (Lipinski definition) is 5. The lowest BCUT2D eigenvalue weighted by Crippen LogP contribution is -2.30. The molecule has 7 nitrogen and oxygen atoms in total. The maximum atomic E-state index is 13.3. The van der Waals surface area contributed by atoms with Crippen molar-refractivity contribution in [3.05, 3.63) is 78.4 Å². The standard InChI is InChI=1S/C24H24N6O/c1-17(18-8-10-20(11-9-18)30-16-25-15-26-30)27-24(31)21-14-19-6-2-3-7-22(19)28-23(21)29-12-4-5-13-29/h2-3,6-11,14-17H,4-5,12-13H2,1H3,(H,27,31). The van der Waals surface area contributed by atoms with Gasteiger partial charge >= 0.3 is 0 Å². The summed E-state index contributed by atoms with van der Waals surface area (Å²) >= 11 is 0. The minimum absolute atomic E-state index is 0.104. The molecule has 0 spiro atoms. The van der Waals surface area contributed by atoms with Gasteiger partial charge < -0.3 is 10.2 Å². The van der Waals surface area contributed by atoms with E-state index in [1.54, 1.807) is 11.0 Å². The minimum atomic E-state index is -0.143. The normalized spacial score (nSPS) is 14.7. The molecule has 5 rings (SSSR count). The Kier molecular flexibility index (Phi) is 5.08. The van der Waals surface area contributed by atoms with Gasteiger partial charge in [-0.1, -0.05) is 30.3 Å². The van der Waals surface area contributed by atoms with Crippen LogP contribution in [-0.4, -0.2) is 38.7 Å². The first-order valence-corrected chi connectivity index (χ1v) is 10.6. The number of nitrogens with zero attached hydrogens (tertiary/aromatic N) is 5. The predicted octanol–water partition coefficient (Wildman–Crippen LogP) is 3.91. The van der Waals surface area contributed by atoms with Crippen LogP contribution in [0.2, 0.25) is 0 Å². The van der Waals surface area contributed by atoms with Crippen LogP contribution >= 0.6 is 0 Å². The molecule has 3 heterocycles. The maximum absolute atomic E-state index is 13.3. The van der Waals surface area contributed by atoms with E-state index in [4.69, 9.17) is 4.98 Å². The van der Waals surface area contributed by atoms with E-state index in [1.807, 2.05) is 61.5 Å². The van der Waals surface area contributed by atoms with Crippen molar-refractivity contribution in [2.24, 2.45) is 0 Å². The fourth-order valence-electron chi connectivity index (χ4n) is 4.06. The third kappa shape index (κ3) is 3.86. The third-order valence-electron chi connectivity index (χ3n) is 5.78. The monoisotopic (exact) mass is 412 g/mol. The molecular formula is C24H24N6O. The molecule has 0 aliphatic carbocycles. The zero-order chi connectivity index (χ0) is 21.2. The van der Waals surface area contributed by atoms with E-state index in [-0.39, 0.29) is 11.9 Å². The van der Waals surface area contributed by atoms with Gasteiger partial charge in [-0.2, -0.15) is 5.10 Å². The lowest BCUT2D eigenvalue weighted by atomic mass is 10.1. The predicted molar refractivity (Wildman–Crippen MR) is 120 cm³/mol. The summed E-state index contributed by atoms with van der Waals surface area (Å²) < 4.78 is 1.70. The van der Waals surface area contributed by atoms with Gasteiger partial charge in [0, 0.05) is 18.5 Å². The first-order valence-electron chi connectivity index (χ1n) is 10.6. The summed E-state index contributed by atoms with van der Waals surface area (Å²) in [6, 6.07) is 17.7. The van der Waals surface area contributed by atoms with Crippen molar-refractivity contribution in [3.63, 3.8) is 0 Å². The number of nitrogens with one attached hydrogen (secondary N) is 1. The highest BCUT2D eigenvalue weighted by atomic mass is 16.1. The lowest BCUT2D eigenvalue weighted by Gasteiger charge is -2.22. The highest BCUT2D eigenvalue weighted by molar-refractivity contribution is 6.02. The second-order valence-corrected chi connectivity index (χ2v) is 7.87. The summed E-state index contributed by atoms with van der Waals surface area (Å²) in [4.78, 5) is 24.3. The van der Waals surface area contributed by atoms with E-state index in [2.05, 4.69) is 20.3 Å². The fourth-order valence-corrected chi connectivity index (χ4v) is 4.06. The third-order valence-corrected chi connectivity index (χ3v) is 5.78. The molecule has 1 amide bonds. The van der Waals surface area contributed by atoms with Crippen molar-refractivity contribution in [1.29, 1.82) is 0 Å². The van der Waals surface area contributed by atoms with Crippen LogP contribution in [0.5, 0.6) is 0 Å². The highest BCUT2D eigenvalue weighted by Gasteiger charge is 2.23. The van der Waals surface area contributed by atoms with Crippen molar-refractivity contribution < 1.29 is 4.79 Å². The topological polar surface area (TPSA) is 75.9 Å². The van der Waals surface area contributed by atoms with Crippen LogP contribution in [0, 0.1) is 0 Å². The van der Waals surface area contributed by atoms with Gasteiger partial charge in [-0.15, -0.1) is 0 Å². The van der Waals surface area contributed by atoms with Gasteiger partial charge in [0.1, 0.15) is 18.5 Å². The van der Waals surface area contributed by atoms with E-state index in [1.165, 1.54) is 6.33 Å². The van der Waals surface area contributed by atoms with Gasteiger partial charge in [0.25, 0.3) is 5.91 Å². The SMILES string of the molecule is CC(NC(=O)c1cc2ccccc2nc1N1CCCC1)c1ccc(-n2cncn2)cc1. The van der Waals surface area contributed by atoms with Gasteiger partial charge in [0.15, 0.2) is 0 Å². The lowest BCUT2D eigenvalue weighted by molar-refractivity contribution is 0.0940. The van der Waals surface area contributed by atoms with Crippen LogP contribution in [0.4, 0.5) is 5.82 Å². The molecule has 7 heteroatoms. The highest BCUT2D eigenvalue weighted by Crippen LogP contribution is 2.27. The summed E-state index contributed by atoms with van der Waals surface area (Å²) in [7, 11) is 0. The molecule has 2 aromatic heterocycles. The Morgan fingerprint density at radius 2 is 1.84 bits per heavy atom. The minimum Gasteiger partial charge on any atom is -0.356 e. The molecular weight excluding hydrogens is 388 g/mol. The smallest absolute Gasteiger partial charge is 0.255 e. The van der Waals surface area contributed by atoms with Gasteiger partial charge in [-0.25, -0.2) is 14.6 Å². The molecule has 1 fully saturated rings. The molecule has 0 saturated carbocycles. The number of aromatic nitrogens is 4. The second-order valence-electron chi connectivity index (χ2n) is 7.87. The Hall–Kier alpha value is -3.74. The molecule has 0 radical (unpaired) electrons. The molecule has 4 aromatic rings. The number of para-hydroxylation sites is 1. The van der Waals surface area contributed by atoms with E-state index in [0.717, 1.165) is 53.9 Å². The first-order chi connectivity index (χ1) is 15.2. The molecule has 31 heavy (non-hydrogen) atoms. The molecule has 1 aliphatic rings. The van der Waals surface area contributed by atoms with Crippen LogP contribution in [0.15, 0.2) is 67.3 Å². The van der Waals surface area contributed by atoms with Crippen LogP contribution in [0.1, 0.15) is 41.7 Å². The van der Waals surface area contributed by atoms with E-state index >= 15 is 0 Å². The number of fused-ring (bicyclic) bond motifs is 1. The Morgan fingerprint density at radius 3 is 2.58 bits per heavy atom. The number of hydrogen-bond donors (Lipinski definition) is 1. The second kappa shape index (κ2) is 8.18. The average Bonchev–Trinajstić information content (AvgIpc) is 3.53. The summed E-state index contributed by atoms with van der Waals surface area (Å²) in [6.07, 6.45) is 5.42. The van der Waals surface area contributed by atoms with Crippen molar-refractivity contribution in [2.45, 2.75) is 25.8 Å². The number of pyridine rings is 1. The van der Waals surface area contributed by atoms with Crippen LogP contribution in [-0.2, 0) is 0 Å². The van der Waals surface area contributed by atoms with Gasteiger partial charge in [0.05, 0.1) is 22.8 Å². The summed E-state index contributed by atoms with van der Waals surface area (Å²) in [5.74, 6) is 0.676. The van der Waals surface area contributed by atoms with Crippen LogP contribution in [0.3, 0.4) is 0 Å². The first kappa shape index (κ1) is 19.2. The maximum Gasteiger partial charge on any atom is 0.255 e. The average molecular weight is 412 g/mol. The zero-order valence-corrected chi connectivity index (χ0v) is 17.4. The molecule has 2 aromatic carbocycles. The summed E-state index contributed by atoms with van der Waals surface area (Å²) in [5.41, 5.74) is 3.49. The number of amides is 1. The number of carbonyl (C=O) groups is 1. The molecule has 1 unspecified atom stereocenters. The quantitative estimate of drug-likeness (QED) is 0.538. The molecule has 1 saturated heterocycles. The molecule has 0 bridgehead atoms. The van der Waals surface area contributed by atoms with Crippen LogP contribution in [0.25, 0.3) is 16.6 Å². The molecule has 1 aliphatic heterocycles. The van der Waals surface area contributed by atoms with Gasteiger partial charge in [0.2, 0.25) is 0 Å². The number of rotatable bonds is 5. The number of benzene rings is 2. The van der Waals surface area contributed by atoms with E-state index in [9.17, 15) is 4.79 Å². The Labute approximate surface area is 180 Å². The molecule has 1 atom stereocenters. The van der Waals surface area contributed by atoms with E-state index < -0.39 is 0 Å². The number of anilines is 1. The summed E-state index contributed by atoms with van der Waals surface area (Å²) in [6.45, 7) is 3.86. The molecule has 156 valence electrons. The van der Waals surface area contributed by atoms with Crippen LogP contribution < -0.4 is 10.2 Å². The summed E-state index contributed by atoms with van der Waals surface area (Å²) in [5, 5.41) is 8.27. The largest absolute Gasteiger partial charge is 0.356 e. The zero-order valence-electron chi connectivity index (χ0n) is 17.4. The van der Waals surface area contributed by atoms with Crippen molar-refractivity contribution in [3.8, 4) is 5.69 Å². The Morgan fingerprint density at radius 1 is 1.06 bits per heavy atom. The van der Waals surface area contributed by atoms with Crippen molar-refractivity contribution in [2.75, 3.05) is 18.0 Å². The fraction of sp³-hybridized carbons (Fsp3) is 0.250. The van der Waals surface area contributed by atoms with Crippen molar-refractivity contribution in [1.82, 2.24) is 25.1 Å². The molecule has 1 N–H and O–H groups in total. The van der Waals surface area contributed by atoms with Gasteiger partial charge in [-0.05, 0) is 49.6 Å². The Balaban J connectivity index is 1.41. The van der Waals surface area contributed by atoms with Gasteiger partial charge in [-0.3, -0.25) is 4.79 Å². The Bertz CT molecular complexity index is 1200.